The number of hydrogen-bond donors (Lipinski definition) is 3. The molecule has 0 saturated heterocycles. The Labute approximate surface area is 434 Å². The maximum absolute atomic E-state index is 14.1. The van der Waals surface area contributed by atoms with Crippen LogP contribution in [-0.2, 0) is 4.79 Å². The summed E-state index contributed by atoms with van der Waals surface area (Å²) in [5.41, 5.74) is 14.3. The quantitative estimate of drug-likeness (QED) is 0.0566. The van der Waals surface area contributed by atoms with Crippen molar-refractivity contribution in [2.75, 3.05) is 6.54 Å². The van der Waals surface area contributed by atoms with E-state index in [1.54, 1.807) is 11.1 Å². The molecule has 4 nitrogen and oxygen atoms in total. The molecule has 0 bridgehead atoms. The maximum atomic E-state index is 14.1. The second-order valence-corrected chi connectivity index (χ2v) is 26.5. The normalized spacial score (nSPS) is 31.4. The molecule has 0 heterocycles. The highest BCUT2D eigenvalue weighted by Crippen LogP contribution is 2.63. The number of unbranched alkanes of at least 4 members (excludes halogenated alkanes) is 3. The Morgan fingerprint density at radius 3 is 1.99 bits per heavy atom. The van der Waals surface area contributed by atoms with Crippen LogP contribution in [0.25, 0.3) is 0 Å². The summed E-state index contributed by atoms with van der Waals surface area (Å²) >= 11 is 0. The molecule has 0 aliphatic heterocycles. The van der Waals surface area contributed by atoms with Gasteiger partial charge in [-0.1, -0.05) is 188 Å². The first kappa shape index (κ1) is 60.6. The molecular formula is C66H115NO3. The lowest BCUT2D eigenvalue weighted by molar-refractivity contribution is -0.115. The van der Waals surface area contributed by atoms with Gasteiger partial charge in [0.25, 0.3) is 0 Å². The molecule has 5 aliphatic carbocycles. The number of aliphatic hydroxyl groups is 2. The minimum Gasteiger partial charge on any atom is -0.515 e. The van der Waals surface area contributed by atoms with Crippen molar-refractivity contribution in [3.63, 3.8) is 0 Å². The number of carbonyl (C=O) groups is 1. The summed E-state index contributed by atoms with van der Waals surface area (Å²) in [6.45, 7) is 31.4. The molecule has 70 heavy (non-hydrogen) atoms. The monoisotopic (exact) mass is 970 g/mol. The molecule has 0 amide bonds. The van der Waals surface area contributed by atoms with Crippen molar-refractivity contribution < 1.29 is 15.0 Å². The van der Waals surface area contributed by atoms with Gasteiger partial charge in [0, 0.05) is 12.0 Å². The summed E-state index contributed by atoms with van der Waals surface area (Å²) in [7, 11) is 0. The van der Waals surface area contributed by atoms with Gasteiger partial charge >= 0.3 is 0 Å². The standard InChI is InChI=1S/C62H104O3.C4H11N/c1-42(2)20-16-22-44(5)23-18-24-45(6)25-19-35-61(11)36-33-52(41-63)48(9)60(47(8)49(61)10)59(65)28-15-13-14-27-58(64)51-30-31-54-50(38-51)29-32-56-55(54)34-37-62(12)40-53(39-57(56)62)46(7)26-17-21-43(3)4;1-2-3-4-5/h29,32,41-46,51,53-55,57-58,63-64H,13-28,30-31,33-40H2,1-12H3;2-5H2,1H3/b49-47-,52-41+,60-48+;/t44?,45?,46-,51?,53?,54?,55?,57?,58?,61?,62?;/m0./s1. The zero-order chi connectivity index (χ0) is 51.6. The molecule has 5 aliphatic rings. The lowest BCUT2D eigenvalue weighted by Crippen LogP contribution is -2.39. The van der Waals surface area contributed by atoms with Crippen molar-refractivity contribution in [1.82, 2.24) is 0 Å². The number of carbonyl (C=O) groups excluding carboxylic acids is 1. The van der Waals surface area contributed by atoms with Gasteiger partial charge in [-0.3, -0.25) is 4.79 Å². The molecule has 5 rings (SSSR count). The van der Waals surface area contributed by atoms with Gasteiger partial charge in [0.1, 0.15) is 0 Å². The van der Waals surface area contributed by atoms with Gasteiger partial charge in [-0.2, -0.15) is 0 Å². The fraction of sp³-hybridized carbons (Fsp3) is 0.833. The SMILES string of the molecule is CC1=C(\C)C(C)(CCCC(C)CCCC(C)CCCC(C)C)CCC(=C\O)/C(C)=C\1C(=O)CCCCCC(O)C1CCC2C(=CC=C3C2CCC2(C)CC([C@@H](C)CCCC(C)C)CC32)C1.CCCCN. The van der Waals surface area contributed by atoms with Crippen molar-refractivity contribution in [2.24, 2.45) is 75.7 Å². The first-order valence-corrected chi connectivity index (χ1v) is 30.3. The van der Waals surface area contributed by atoms with Crippen LogP contribution in [0.15, 0.2) is 57.4 Å². The number of fused-ring (bicyclic) bond motifs is 5. The fourth-order valence-corrected chi connectivity index (χ4v) is 14.6. The second-order valence-electron chi connectivity index (χ2n) is 26.5. The Kier molecular flexibility index (Phi) is 25.9. The zero-order valence-corrected chi connectivity index (χ0v) is 48.5. The maximum Gasteiger partial charge on any atom is 0.163 e. The summed E-state index contributed by atoms with van der Waals surface area (Å²) < 4.78 is 0. The van der Waals surface area contributed by atoms with E-state index in [4.69, 9.17) is 5.73 Å². The van der Waals surface area contributed by atoms with E-state index in [9.17, 15) is 15.0 Å². The van der Waals surface area contributed by atoms with E-state index in [1.165, 1.54) is 127 Å². The van der Waals surface area contributed by atoms with Gasteiger partial charge in [0.2, 0.25) is 0 Å². The van der Waals surface area contributed by atoms with Crippen LogP contribution in [0.3, 0.4) is 0 Å². The van der Waals surface area contributed by atoms with Crippen LogP contribution in [-0.4, -0.2) is 28.6 Å². The number of nitrogens with two attached hydrogens (primary N) is 1. The molecule has 0 radical (unpaired) electrons. The average molecular weight is 971 g/mol. The van der Waals surface area contributed by atoms with E-state index in [0.29, 0.717) is 23.7 Å². The predicted molar refractivity (Wildman–Crippen MR) is 304 cm³/mol. The first-order valence-electron chi connectivity index (χ1n) is 30.3. The average Bonchev–Trinajstić information content (AvgIpc) is 3.69. The van der Waals surface area contributed by atoms with Gasteiger partial charge in [-0.15, -0.1) is 0 Å². The van der Waals surface area contributed by atoms with Crippen LogP contribution < -0.4 is 5.73 Å². The summed E-state index contributed by atoms with van der Waals surface area (Å²) in [5.74, 6) is 7.76. The van der Waals surface area contributed by atoms with Crippen molar-refractivity contribution in [2.45, 2.75) is 276 Å². The van der Waals surface area contributed by atoms with Crippen LogP contribution in [0.5, 0.6) is 0 Å². The number of Topliss-reactive ketones (excluding diaryl/α,β-unsaturated/α-hetero) is 1. The van der Waals surface area contributed by atoms with Gasteiger partial charge < -0.3 is 15.9 Å². The number of hydrogen-bond acceptors (Lipinski definition) is 4. The third-order valence-electron chi connectivity index (χ3n) is 19.9. The van der Waals surface area contributed by atoms with E-state index < -0.39 is 0 Å². The van der Waals surface area contributed by atoms with Crippen molar-refractivity contribution in [3.8, 4) is 0 Å². The minimum atomic E-state index is -0.255. The predicted octanol–water partition coefficient (Wildman–Crippen LogP) is 19.1. The highest BCUT2D eigenvalue weighted by atomic mass is 16.3. The Bertz CT molecular complexity index is 1740. The summed E-state index contributed by atoms with van der Waals surface area (Å²) in [6.07, 6.45) is 39.4. The van der Waals surface area contributed by atoms with Gasteiger partial charge in [0.05, 0.1) is 12.4 Å². The fourth-order valence-electron chi connectivity index (χ4n) is 14.6. The largest absolute Gasteiger partial charge is 0.515 e. The van der Waals surface area contributed by atoms with E-state index in [0.717, 1.165) is 134 Å². The Morgan fingerprint density at radius 1 is 0.729 bits per heavy atom. The Balaban J connectivity index is 0.00000202. The lowest BCUT2D eigenvalue weighted by Gasteiger charge is -2.49. The Morgan fingerprint density at radius 2 is 1.37 bits per heavy atom. The van der Waals surface area contributed by atoms with Crippen LogP contribution >= 0.6 is 0 Å². The molecule has 4 heteroatoms. The van der Waals surface area contributed by atoms with E-state index >= 15 is 0 Å². The molecule has 0 aromatic rings. The highest BCUT2D eigenvalue weighted by Gasteiger charge is 2.52. The molecule has 4 N–H and O–H groups in total. The number of allylic oxidation sites excluding steroid dienone is 9. The van der Waals surface area contributed by atoms with Crippen LogP contribution in [0, 0.1) is 70.0 Å². The topological polar surface area (TPSA) is 83.5 Å². The molecule has 0 spiro atoms. The zero-order valence-electron chi connectivity index (χ0n) is 48.5. The summed E-state index contributed by atoms with van der Waals surface area (Å²) in [6, 6.07) is 0. The highest BCUT2D eigenvalue weighted by molar-refractivity contribution is 6.01. The van der Waals surface area contributed by atoms with E-state index in [-0.39, 0.29) is 17.3 Å². The molecular weight excluding hydrogens is 855 g/mol. The minimum absolute atomic E-state index is 0.0133. The van der Waals surface area contributed by atoms with Gasteiger partial charge in [-0.25, -0.2) is 0 Å². The van der Waals surface area contributed by atoms with Crippen LogP contribution in [0.1, 0.15) is 270 Å². The van der Waals surface area contributed by atoms with E-state index in [2.05, 4.69) is 102 Å². The number of aliphatic hydroxyl groups excluding tert-OH is 2. The van der Waals surface area contributed by atoms with Gasteiger partial charge in [0.15, 0.2) is 5.78 Å². The van der Waals surface area contributed by atoms with Gasteiger partial charge in [-0.05, 0) is 198 Å². The second kappa shape index (κ2) is 29.8. The third-order valence-corrected chi connectivity index (χ3v) is 19.9. The third kappa shape index (κ3) is 17.6. The molecule has 3 fully saturated rings. The summed E-state index contributed by atoms with van der Waals surface area (Å²) in [5, 5.41) is 21.9. The van der Waals surface area contributed by atoms with Crippen molar-refractivity contribution in [3.05, 3.63) is 57.4 Å². The molecule has 10 unspecified atom stereocenters. The lowest BCUT2D eigenvalue weighted by atomic mass is 9.56. The molecule has 3 saturated carbocycles. The molecule has 0 aromatic carbocycles. The van der Waals surface area contributed by atoms with Crippen LogP contribution in [0.2, 0.25) is 0 Å². The first-order chi connectivity index (χ1) is 33.3. The molecule has 0 aromatic heterocycles. The number of ketones is 1. The summed E-state index contributed by atoms with van der Waals surface area (Å²) in [4.78, 5) is 14.1. The van der Waals surface area contributed by atoms with Crippen molar-refractivity contribution >= 4 is 5.78 Å². The van der Waals surface area contributed by atoms with Crippen LogP contribution in [0.4, 0.5) is 0 Å². The van der Waals surface area contributed by atoms with E-state index in [1.807, 2.05) is 0 Å². The molecule has 402 valence electrons. The Hall–Kier alpha value is -1.91. The smallest absolute Gasteiger partial charge is 0.163 e. The molecule has 11 atom stereocenters. The van der Waals surface area contributed by atoms with Crippen molar-refractivity contribution in [1.29, 1.82) is 0 Å². The number of rotatable bonds is 27.